The third-order valence-electron chi connectivity index (χ3n) is 10.1. The predicted octanol–water partition coefficient (Wildman–Crippen LogP) is 5.83. The van der Waals surface area contributed by atoms with Crippen molar-refractivity contribution in [3.63, 3.8) is 0 Å². The number of carbonyl (C=O) groups excluding carboxylic acids is 3. The molecule has 2 fully saturated rings. The molecule has 4 aromatic carbocycles. The quantitative estimate of drug-likeness (QED) is 0.105. The molecule has 2 heterocycles. The first-order chi connectivity index (χ1) is 29.1. The van der Waals surface area contributed by atoms with Crippen LogP contribution in [0, 0.1) is 11.6 Å². The number of rotatable bonds is 16. The Balaban J connectivity index is 0.000000234. The first kappa shape index (κ1) is 46.8. The molecule has 0 saturated carbocycles. The maximum Gasteiger partial charge on any atom is 0.315 e. The number of amides is 1. The van der Waals surface area contributed by atoms with Crippen molar-refractivity contribution in [2.45, 2.75) is 58.0 Å². The lowest BCUT2D eigenvalue weighted by Gasteiger charge is -2.33. The van der Waals surface area contributed by atoms with Crippen LogP contribution in [0.25, 0.3) is 0 Å². The van der Waals surface area contributed by atoms with Gasteiger partial charge in [-0.2, -0.15) is 34.2 Å². The number of benzene rings is 4. The topological polar surface area (TPSA) is 170 Å². The second-order valence-electron chi connectivity index (χ2n) is 14.3. The molecule has 328 valence electrons. The van der Waals surface area contributed by atoms with Gasteiger partial charge < -0.3 is 11.1 Å². The van der Waals surface area contributed by atoms with Gasteiger partial charge in [0.15, 0.2) is 11.6 Å². The van der Waals surface area contributed by atoms with Crippen LogP contribution in [-0.4, -0.2) is 88.6 Å². The van der Waals surface area contributed by atoms with E-state index in [0.717, 1.165) is 55.0 Å². The molecule has 2 aliphatic heterocycles. The number of hydrogen-bond donors (Lipinski definition) is 2. The van der Waals surface area contributed by atoms with Gasteiger partial charge in [0.1, 0.15) is 11.6 Å². The minimum Gasteiger partial charge on any atom is -0.344 e. The van der Waals surface area contributed by atoms with E-state index in [9.17, 15) is 48.8 Å². The number of alkyl halides is 2. The van der Waals surface area contributed by atoms with Crippen molar-refractivity contribution >= 4 is 49.3 Å². The number of para-hydroxylation sites is 2. The van der Waals surface area contributed by atoms with E-state index in [1.807, 2.05) is 0 Å². The minimum absolute atomic E-state index is 0.0348. The molecule has 3 N–H and O–H groups in total. The Kier molecular flexibility index (Phi) is 16.5. The van der Waals surface area contributed by atoms with Crippen LogP contribution in [-0.2, 0) is 38.3 Å². The summed E-state index contributed by atoms with van der Waals surface area (Å²) in [6, 6.07) is 24.5. The van der Waals surface area contributed by atoms with Crippen molar-refractivity contribution in [3.05, 3.63) is 131 Å². The maximum atomic E-state index is 14.8. The van der Waals surface area contributed by atoms with Crippen LogP contribution in [0.4, 0.5) is 28.9 Å². The number of anilines is 2. The van der Waals surface area contributed by atoms with E-state index < -0.39 is 56.7 Å². The van der Waals surface area contributed by atoms with E-state index >= 15 is 0 Å². The second kappa shape index (κ2) is 21.5. The smallest absolute Gasteiger partial charge is 0.315 e. The molecule has 0 unspecified atom stereocenters. The van der Waals surface area contributed by atoms with Gasteiger partial charge in [0.05, 0.1) is 37.6 Å². The number of Topliss-reactive ketones (excluding diaryl/α,β-unsaturated/α-hetero) is 2. The highest BCUT2D eigenvalue weighted by Gasteiger charge is 2.33. The molecule has 19 heteroatoms. The normalized spacial score (nSPS) is 15.0. The Morgan fingerprint density at radius 2 is 1.00 bits per heavy atom. The van der Waals surface area contributed by atoms with Gasteiger partial charge in [0, 0.05) is 48.4 Å². The number of ketones is 2. The summed E-state index contributed by atoms with van der Waals surface area (Å²) in [7, 11) is -7.74. The third-order valence-corrected chi connectivity index (χ3v) is 13.9. The molecule has 0 aliphatic carbocycles. The lowest BCUT2D eigenvalue weighted by atomic mass is 10.1. The maximum absolute atomic E-state index is 14.8. The largest absolute Gasteiger partial charge is 0.344 e. The molecule has 0 radical (unpaired) electrons. The lowest BCUT2D eigenvalue weighted by molar-refractivity contribution is -0.131. The molecule has 2 saturated heterocycles. The molecular weight excluding hydrogens is 841 g/mol. The summed E-state index contributed by atoms with van der Waals surface area (Å²) in [5.41, 5.74) is 6.44. The first-order valence-corrected chi connectivity index (χ1v) is 22.5. The van der Waals surface area contributed by atoms with Crippen LogP contribution >= 0.6 is 0 Å². The van der Waals surface area contributed by atoms with Crippen LogP contribution in [0.15, 0.2) is 97.1 Å². The fourth-order valence-corrected chi connectivity index (χ4v) is 10.1. The number of hydrogen-bond acceptors (Lipinski definition) is 8. The van der Waals surface area contributed by atoms with Crippen molar-refractivity contribution in [1.29, 1.82) is 0 Å². The van der Waals surface area contributed by atoms with E-state index in [1.54, 1.807) is 66.0 Å². The Bertz CT molecular complexity index is 2350. The van der Waals surface area contributed by atoms with Gasteiger partial charge >= 0.3 is 26.8 Å². The van der Waals surface area contributed by atoms with E-state index in [4.69, 9.17) is 5.73 Å². The van der Waals surface area contributed by atoms with Gasteiger partial charge in [-0.3, -0.25) is 23.0 Å². The zero-order chi connectivity index (χ0) is 44.2. The number of nitrogens with zero attached hydrogens (tertiary/aromatic N) is 4. The number of carbonyl (C=O) groups is 3. The van der Waals surface area contributed by atoms with Crippen LogP contribution in [0.2, 0.25) is 0 Å². The van der Waals surface area contributed by atoms with Crippen molar-refractivity contribution in [2.24, 2.45) is 5.73 Å². The molecule has 4 aromatic rings. The van der Waals surface area contributed by atoms with Crippen molar-refractivity contribution in [3.8, 4) is 0 Å². The number of nitrogens with one attached hydrogen (secondary N) is 1. The average molecular weight is 889 g/mol. The molecule has 61 heavy (non-hydrogen) atoms. The van der Waals surface area contributed by atoms with Gasteiger partial charge in [0.25, 0.3) is 5.91 Å². The third kappa shape index (κ3) is 12.2. The molecule has 0 aromatic heterocycles. The highest BCUT2D eigenvalue weighted by atomic mass is 32.2. The summed E-state index contributed by atoms with van der Waals surface area (Å²) >= 11 is 0. The van der Waals surface area contributed by atoms with Crippen molar-refractivity contribution in [1.82, 2.24) is 13.9 Å². The molecule has 1 amide bonds. The van der Waals surface area contributed by atoms with Crippen LogP contribution < -0.4 is 19.7 Å². The van der Waals surface area contributed by atoms with Gasteiger partial charge in [-0.25, -0.2) is 8.78 Å². The molecule has 0 atom stereocenters. The molecule has 2 aliphatic rings. The second-order valence-corrected chi connectivity index (χ2v) is 18.0. The van der Waals surface area contributed by atoms with E-state index in [0.29, 0.717) is 37.6 Å². The Hall–Kier alpha value is -5.21. The summed E-state index contributed by atoms with van der Waals surface area (Å²) in [5.74, 6) is -4.17. The summed E-state index contributed by atoms with van der Waals surface area (Å²) in [5, 5.41) is 1.77. The average Bonchev–Trinajstić information content (AvgIpc) is 3.28. The van der Waals surface area contributed by atoms with Gasteiger partial charge in [-0.05, 0) is 62.1 Å². The SMILES string of the molecule is NCC(=O)c1ccc(CN(c2ccccc2)S(=O)(=O)N2CCCCC2)c(F)c1.O=C(CNC(=O)C(F)F)c1ccc(CN(c2ccccc2)S(=O)(=O)N2CCCCC2)c(F)c1. The monoisotopic (exact) mass is 888 g/mol. The number of nitrogens with two attached hydrogens (primary N) is 1. The van der Waals surface area contributed by atoms with E-state index in [1.165, 1.54) is 37.2 Å². The van der Waals surface area contributed by atoms with Gasteiger partial charge in [-0.1, -0.05) is 73.5 Å². The standard InChI is InChI=1S/C22H24F3N3O4S.C20H24FN3O3S/c23-19-13-16(20(29)14-26-22(30)21(24)25)9-10-17(19)15-28(18-7-3-1-4-8-18)33(31,32)27-11-5-2-6-12-27;21-19-13-16(20(25)14-22)9-10-17(19)15-24(18-7-3-1-4-8-18)28(26,27)23-11-5-2-6-12-23/h1,3-4,7-10,13,21H,2,5-6,11-12,14-15H2,(H,26,30);1,3-4,7-10,13H,2,5-6,11-12,14-15,22H2. The first-order valence-electron chi connectivity index (χ1n) is 19.7. The molecule has 13 nitrogen and oxygen atoms in total. The highest BCUT2D eigenvalue weighted by molar-refractivity contribution is 7.90. The molecule has 0 spiro atoms. The van der Waals surface area contributed by atoms with E-state index in [-0.39, 0.29) is 47.7 Å². The zero-order valence-electron chi connectivity index (χ0n) is 33.3. The van der Waals surface area contributed by atoms with Gasteiger partial charge in [-0.15, -0.1) is 0 Å². The highest BCUT2D eigenvalue weighted by Crippen LogP contribution is 2.28. The number of halogens is 4. The van der Waals surface area contributed by atoms with Crippen molar-refractivity contribution in [2.75, 3.05) is 47.9 Å². The summed E-state index contributed by atoms with van der Waals surface area (Å²) in [4.78, 5) is 34.7. The van der Waals surface area contributed by atoms with E-state index in [2.05, 4.69) is 0 Å². The Labute approximate surface area is 353 Å². The van der Waals surface area contributed by atoms with Crippen LogP contribution in [0.1, 0.15) is 70.4 Å². The fraction of sp³-hybridized carbons (Fsp3) is 0.357. The van der Waals surface area contributed by atoms with Crippen molar-refractivity contribution < 1.29 is 48.8 Å². The van der Waals surface area contributed by atoms with Crippen LogP contribution in [0.3, 0.4) is 0 Å². The summed E-state index contributed by atoms with van der Waals surface area (Å²) < 4.78 is 112. The number of piperidine rings is 2. The van der Waals surface area contributed by atoms with Crippen LogP contribution in [0.5, 0.6) is 0 Å². The Morgan fingerprint density at radius 3 is 1.36 bits per heavy atom. The fourth-order valence-electron chi connectivity index (χ4n) is 6.74. The zero-order valence-corrected chi connectivity index (χ0v) is 34.9. The molecule has 0 bridgehead atoms. The summed E-state index contributed by atoms with van der Waals surface area (Å²) in [6.07, 6.45) is 1.80. The molecule has 6 rings (SSSR count). The predicted molar refractivity (Wildman–Crippen MR) is 223 cm³/mol. The lowest BCUT2D eigenvalue weighted by Crippen LogP contribution is -2.46. The molecular formula is C42H48F4N6O7S2. The van der Waals surface area contributed by atoms with Gasteiger partial charge in [0.2, 0.25) is 0 Å². The minimum atomic E-state index is -3.93. The Morgan fingerprint density at radius 1 is 0.607 bits per heavy atom. The summed E-state index contributed by atoms with van der Waals surface area (Å²) in [6.45, 7) is 0.296.